The summed E-state index contributed by atoms with van der Waals surface area (Å²) in [5.74, 6) is -0.112. The van der Waals surface area contributed by atoms with Crippen LogP contribution in [0.25, 0.3) is 0 Å². The Labute approximate surface area is 140 Å². The van der Waals surface area contributed by atoms with Crippen molar-refractivity contribution in [1.29, 1.82) is 0 Å². The van der Waals surface area contributed by atoms with Crippen molar-refractivity contribution in [3.05, 3.63) is 59.3 Å². The first-order chi connectivity index (χ1) is 10.5. The molecule has 2 unspecified atom stereocenters. The molecule has 5 nitrogen and oxygen atoms in total. The Morgan fingerprint density at radius 1 is 1.39 bits per heavy atom. The topological polar surface area (TPSA) is 88.5 Å². The second kappa shape index (κ2) is 8.67. The van der Waals surface area contributed by atoms with Gasteiger partial charge in [-0.2, -0.15) is 0 Å². The Hall–Kier alpha value is -1.89. The first kappa shape index (κ1) is 19.2. The average molecular weight is 343 g/mol. The summed E-state index contributed by atoms with van der Waals surface area (Å²) in [6, 6.07) is 6.96. The minimum atomic E-state index is -0.778. The molecule has 4 N–H and O–H groups in total. The lowest BCUT2D eigenvalue weighted by molar-refractivity contribution is 0.0916. The molecule has 0 saturated heterocycles. The zero-order chi connectivity index (χ0) is 16.1. The molecule has 0 aliphatic carbocycles. The van der Waals surface area contributed by atoms with Crippen LogP contribution in [0.3, 0.4) is 0 Å². The monoisotopic (exact) mass is 342 g/mol. The van der Waals surface area contributed by atoms with Gasteiger partial charge in [-0.05, 0) is 37.1 Å². The van der Waals surface area contributed by atoms with E-state index >= 15 is 0 Å². The van der Waals surface area contributed by atoms with E-state index in [9.17, 15) is 14.3 Å². The molecular weight excluding hydrogens is 323 g/mol. The van der Waals surface area contributed by atoms with Crippen molar-refractivity contribution < 1.29 is 18.7 Å². The highest BCUT2D eigenvalue weighted by molar-refractivity contribution is 5.94. The number of carbonyl (C=O) groups is 1. The third-order valence-corrected chi connectivity index (χ3v) is 3.33. The summed E-state index contributed by atoms with van der Waals surface area (Å²) in [6.07, 6.45) is 0.888. The second-order valence-corrected chi connectivity index (χ2v) is 5.18. The smallest absolute Gasteiger partial charge is 0.254 e. The molecular formula is C16H20ClFN2O3. The van der Waals surface area contributed by atoms with Crippen LogP contribution in [0.5, 0.6) is 0 Å². The standard InChI is InChI=1S/C16H19FN2O3.ClH/c1-10(6-15(20)11-2-4-13(17)5-3-11)19-16(21)12-7-14(8-18)22-9-12;/h2-5,7,9-10,15,20H,6,8,18H2,1H3,(H,19,21);1H. The molecule has 0 radical (unpaired) electrons. The number of nitrogens with two attached hydrogens (primary N) is 1. The fraction of sp³-hybridized carbons (Fsp3) is 0.312. The summed E-state index contributed by atoms with van der Waals surface area (Å²) in [6.45, 7) is 2.01. The van der Waals surface area contributed by atoms with Gasteiger partial charge in [0, 0.05) is 6.04 Å². The first-order valence-corrected chi connectivity index (χ1v) is 7.01. The lowest BCUT2D eigenvalue weighted by atomic mass is 10.0. The lowest BCUT2D eigenvalue weighted by Gasteiger charge is -2.18. The van der Waals surface area contributed by atoms with E-state index in [1.807, 2.05) is 0 Å². The van der Waals surface area contributed by atoms with E-state index in [0.717, 1.165) is 0 Å². The van der Waals surface area contributed by atoms with E-state index in [0.29, 0.717) is 23.3 Å². The number of furan rings is 1. The minimum Gasteiger partial charge on any atom is -0.467 e. The van der Waals surface area contributed by atoms with Gasteiger partial charge in [0.05, 0.1) is 18.2 Å². The van der Waals surface area contributed by atoms with E-state index in [-0.39, 0.29) is 36.7 Å². The third kappa shape index (κ3) is 5.35. The second-order valence-electron chi connectivity index (χ2n) is 5.18. The number of aliphatic hydroxyl groups is 1. The van der Waals surface area contributed by atoms with Crippen LogP contribution in [0.15, 0.2) is 41.0 Å². The number of amides is 1. The third-order valence-electron chi connectivity index (χ3n) is 3.33. The molecule has 1 amide bonds. The normalized spacial score (nSPS) is 13.0. The Kier molecular flexibility index (Phi) is 7.22. The van der Waals surface area contributed by atoms with Gasteiger partial charge in [0.1, 0.15) is 17.8 Å². The SMILES string of the molecule is CC(CC(O)c1ccc(F)cc1)NC(=O)c1coc(CN)c1.Cl. The van der Waals surface area contributed by atoms with Gasteiger partial charge in [0.2, 0.25) is 0 Å². The zero-order valence-electron chi connectivity index (χ0n) is 12.7. The molecule has 0 aliphatic heterocycles. The highest BCUT2D eigenvalue weighted by atomic mass is 35.5. The van der Waals surface area contributed by atoms with Crippen molar-refractivity contribution >= 4 is 18.3 Å². The van der Waals surface area contributed by atoms with Crippen LogP contribution in [-0.4, -0.2) is 17.1 Å². The van der Waals surface area contributed by atoms with Crippen molar-refractivity contribution in [2.24, 2.45) is 5.73 Å². The number of halogens is 2. The number of aliphatic hydroxyl groups excluding tert-OH is 1. The fourth-order valence-electron chi connectivity index (χ4n) is 2.13. The molecule has 0 bridgehead atoms. The molecule has 23 heavy (non-hydrogen) atoms. The summed E-state index contributed by atoms with van der Waals surface area (Å²) >= 11 is 0. The molecule has 126 valence electrons. The van der Waals surface area contributed by atoms with E-state index in [1.54, 1.807) is 13.0 Å². The lowest BCUT2D eigenvalue weighted by Crippen LogP contribution is -2.33. The maximum atomic E-state index is 12.8. The largest absolute Gasteiger partial charge is 0.467 e. The fourth-order valence-corrected chi connectivity index (χ4v) is 2.13. The van der Waals surface area contributed by atoms with Crippen LogP contribution in [0.2, 0.25) is 0 Å². The molecule has 0 saturated carbocycles. The number of hydrogen-bond acceptors (Lipinski definition) is 4. The van der Waals surface area contributed by atoms with Gasteiger partial charge in [-0.15, -0.1) is 12.4 Å². The summed E-state index contributed by atoms with van der Waals surface area (Å²) in [4.78, 5) is 12.0. The van der Waals surface area contributed by atoms with Gasteiger partial charge >= 0.3 is 0 Å². The van der Waals surface area contributed by atoms with E-state index < -0.39 is 6.10 Å². The van der Waals surface area contributed by atoms with Crippen molar-refractivity contribution in [2.75, 3.05) is 0 Å². The van der Waals surface area contributed by atoms with Crippen molar-refractivity contribution in [3.63, 3.8) is 0 Å². The van der Waals surface area contributed by atoms with E-state index in [1.165, 1.54) is 30.5 Å². The minimum absolute atomic E-state index is 0. The van der Waals surface area contributed by atoms with Gasteiger partial charge in [-0.25, -0.2) is 4.39 Å². The van der Waals surface area contributed by atoms with E-state index in [2.05, 4.69) is 5.32 Å². The van der Waals surface area contributed by atoms with Crippen molar-refractivity contribution in [3.8, 4) is 0 Å². The maximum absolute atomic E-state index is 12.8. The summed E-state index contributed by atoms with van der Waals surface area (Å²) in [7, 11) is 0. The molecule has 0 spiro atoms. The summed E-state index contributed by atoms with van der Waals surface area (Å²) in [5, 5.41) is 12.9. The van der Waals surface area contributed by atoms with Crippen LogP contribution >= 0.6 is 12.4 Å². The average Bonchev–Trinajstić information content (AvgIpc) is 2.96. The van der Waals surface area contributed by atoms with Gasteiger partial charge in [-0.1, -0.05) is 12.1 Å². The number of nitrogens with one attached hydrogen (secondary N) is 1. The molecule has 1 heterocycles. The molecule has 7 heteroatoms. The number of benzene rings is 1. The van der Waals surface area contributed by atoms with Crippen LogP contribution in [0.4, 0.5) is 4.39 Å². The molecule has 0 aliphatic rings. The number of rotatable bonds is 6. The highest BCUT2D eigenvalue weighted by Gasteiger charge is 2.16. The Bertz CT molecular complexity index is 631. The van der Waals surface area contributed by atoms with Gasteiger partial charge < -0.3 is 20.6 Å². The van der Waals surface area contributed by atoms with Crippen LogP contribution < -0.4 is 11.1 Å². The van der Waals surface area contributed by atoms with Gasteiger partial charge in [0.15, 0.2) is 0 Å². The summed E-state index contributed by atoms with van der Waals surface area (Å²) < 4.78 is 18.0. The quantitative estimate of drug-likeness (QED) is 0.752. The van der Waals surface area contributed by atoms with Crippen LogP contribution in [-0.2, 0) is 6.54 Å². The molecule has 2 atom stereocenters. The van der Waals surface area contributed by atoms with Crippen molar-refractivity contribution in [2.45, 2.75) is 32.0 Å². The van der Waals surface area contributed by atoms with Crippen LogP contribution in [0, 0.1) is 5.82 Å². The predicted molar refractivity (Wildman–Crippen MR) is 86.8 cm³/mol. The number of carbonyl (C=O) groups excluding carboxylic acids is 1. The van der Waals surface area contributed by atoms with E-state index in [4.69, 9.17) is 10.2 Å². The highest BCUT2D eigenvalue weighted by Crippen LogP contribution is 2.19. The Balaban J connectivity index is 0.00000264. The Morgan fingerprint density at radius 2 is 2.04 bits per heavy atom. The first-order valence-electron chi connectivity index (χ1n) is 7.01. The zero-order valence-corrected chi connectivity index (χ0v) is 13.5. The predicted octanol–water partition coefficient (Wildman–Crippen LogP) is 2.54. The van der Waals surface area contributed by atoms with Gasteiger partial charge in [-0.3, -0.25) is 4.79 Å². The van der Waals surface area contributed by atoms with Gasteiger partial charge in [0.25, 0.3) is 5.91 Å². The Morgan fingerprint density at radius 3 is 2.61 bits per heavy atom. The van der Waals surface area contributed by atoms with Crippen molar-refractivity contribution in [1.82, 2.24) is 5.32 Å². The molecule has 0 fully saturated rings. The molecule has 2 rings (SSSR count). The molecule has 1 aromatic carbocycles. The van der Waals surface area contributed by atoms with Crippen LogP contribution in [0.1, 0.15) is 41.1 Å². The number of hydrogen-bond donors (Lipinski definition) is 3. The molecule has 2 aromatic rings. The summed E-state index contributed by atoms with van der Waals surface area (Å²) in [5.41, 5.74) is 6.42. The molecule has 1 aromatic heterocycles. The maximum Gasteiger partial charge on any atom is 0.254 e.